The third kappa shape index (κ3) is 7.83. The molecule has 0 aliphatic heterocycles. The fraction of sp³-hybridized carbons (Fsp3) is 0.364. The average molecular weight is 387 g/mol. The van der Waals surface area contributed by atoms with Crippen molar-refractivity contribution in [3.63, 3.8) is 0 Å². The van der Waals surface area contributed by atoms with Gasteiger partial charge in [0.1, 0.15) is 0 Å². The number of nitrogens with zero attached hydrogens (tertiary/aromatic N) is 1. The van der Waals surface area contributed by atoms with Crippen LogP contribution in [0.25, 0.3) is 10.9 Å². The van der Waals surface area contributed by atoms with E-state index >= 15 is 0 Å². The van der Waals surface area contributed by atoms with Gasteiger partial charge in [-0.1, -0.05) is 49.1 Å². The van der Waals surface area contributed by atoms with Gasteiger partial charge in [-0.2, -0.15) is 0 Å². The highest BCUT2D eigenvalue weighted by Crippen LogP contribution is 2.20. The van der Waals surface area contributed by atoms with Crippen LogP contribution in [0.3, 0.4) is 0 Å². The third-order valence-electron chi connectivity index (χ3n) is 4.26. The number of carbonyl (C=O) groups is 1. The molecule has 0 bridgehead atoms. The molecule has 1 aromatic heterocycles. The largest absolute Gasteiger partial charge is 0.478 e. The predicted molar refractivity (Wildman–Crippen MR) is 112 cm³/mol. The highest BCUT2D eigenvalue weighted by Gasteiger charge is 2.00. The molecule has 0 saturated heterocycles. The fourth-order valence-electron chi connectivity index (χ4n) is 2.62. The predicted octanol–water partition coefficient (Wildman–Crippen LogP) is 5.60. The maximum absolute atomic E-state index is 10.9. The molecule has 0 atom stereocenters. The van der Waals surface area contributed by atoms with Gasteiger partial charge in [0.2, 0.25) is 11.8 Å². The molecular weight excluding hydrogens is 360 g/mol. The number of hydrogen-bond acceptors (Lipinski definition) is 3. The zero-order valence-electron chi connectivity index (χ0n) is 15.8. The summed E-state index contributed by atoms with van der Waals surface area (Å²) in [7, 11) is 0. The topological polar surface area (TPSA) is 65.2 Å². The normalized spacial score (nSPS) is 12.0. The summed E-state index contributed by atoms with van der Waals surface area (Å²) in [5, 5.41) is 1.73. The Labute approximate surface area is 166 Å². The minimum absolute atomic E-state index is 0.370. The van der Waals surface area contributed by atoms with Gasteiger partial charge in [-0.3, -0.25) is 4.79 Å². The van der Waals surface area contributed by atoms with E-state index in [0.29, 0.717) is 23.1 Å². The quantitative estimate of drug-likeness (QED) is 0.310. The average Bonchev–Trinajstić information content (AvgIpc) is 2.65. The molecule has 1 heterocycles. The van der Waals surface area contributed by atoms with Crippen molar-refractivity contribution in [2.45, 2.75) is 45.4 Å². The molecular formula is C22H27ClN2O2. The maximum Gasteiger partial charge on any atom is 0.244 e. The Kier molecular flexibility index (Phi) is 8.85. The van der Waals surface area contributed by atoms with Gasteiger partial charge in [-0.05, 0) is 50.5 Å². The highest BCUT2D eigenvalue weighted by molar-refractivity contribution is 6.31. The number of benzene rings is 1. The van der Waals surface area contributed by atoms with Gasteiger partial charge in [0.15, 0.2) is 0 Å². The summed E-state index contributed by atoms with van der Waals surface area (Å²) in [6.45, 7) is 2.40. The number of primary amides is 1. The van der Waals surface area contributed by atoms with E-state index in [-0.39, 0.29) is 5.91 Å². The number of aromatic nitrogens is 1. The van der Waals surface area contributed by atoms with Crippen molar-refractivity contribution in [1.29, 1.82) is 0 Å². The molecule has 1 amide bonds. The van der Waals surface area contributed by atoms with Crippen molar-refractivity contribution in [3.8, 4) is 5.88 Å². The molecule has 5 heteroatoms. The number of nitrogens with two attached hydrogens (primary N) is 1. The van der Waals surface area contributed by atoms with E-state index in [1.807, 2.05) is 36.4 Å². The first-order chi connectivity index (χ1) is 13.1. The van der Waals surface area contributed by atoms with Crippen molar-refractivity contribution in [2.75, 3.05) is 6.61 Å². The Morgan fingerprint density at radius 3 is 2.74 bits per heavy atom. The van der Waals surface area contributed by atoms with E-state index in [1.165, 1.54) is 12.8 Å². The summed E-state index contributed by atoms with van der Waals surface area (Å²) in [6.07, 6.45) is 12.5. The molecule has 2 aromatic rings. The standard InChI is InChI=1S/C22H27ClN2O2/c1-17(22(24)26)10-8-6-4-2-3-5-7-9-15-27-21-14-11-18-16-19(23)12-13-20(18)25-21/h6,8,10-14,16H,2-5,7,9,15H2,1H3,(H2,24,26)/b8-6+,17-10+. The lowest BCUT2D eigenvalue weighted by molar-refractivity contribution is -0.114. The third-order valence-corrected chi connectivity index (χ3v) is 4.50. The van der Waals surface area contributed by atoms with Gasteiger partial charge >= 0.3 is 0 Å². The Morgan fingerprint density at radius 2 is 1.93 bits per heavy atom. The van der Waals surface area contributed by atoms with E-state index in [4.69, 9.17) is 22.1 Å². The number of halogens is 1. The SMILES string of the molecule is C/C(=C\C=C\CCCCCCCOc1ccc2cc(Cl)ccc2n1)C(N)=O. The summed E-state index contributed by atoms with van der Waals surface area (Å²) < 4.78 is 5.75. The second-order valence-corrected chi connectivity index (χ2v) is 6.97. The molecule has 0 saturated carbocycles. The van der Waals surface area contributed by atoms with E-state index in [1.54, 1.807) is 13.0 Å². The van der Waals surface area contributed by atoms with Crippen molar-refractivity contribution in [2.24, 2.45) is 5.73 Å². The van der Waals surface area contributed by atoms with Gasteiger partial charge in [0.05, 0.1) is 12.1 Å². The van der Waals surface area contributed by atoms with Gasteiger partial charge in [0, 0.05) is 22.0 Å². The first-order valence-corrected chi connectivity index (χ1v) is 9.76. The molecule has 1 aromatic carbocycles. The molecule has 27 heavy (non-hydrogen) atoms. The van der Waals surface area contributed by atoms with Gasteiger partial charge in [-0.15, -0.1) is 0 Å². The summed E-state index contributed by atoms with van der Waals surface area (Å²) in [4.78, 5) is 15.3. The van der Waals surface area contributed by atoms with Crippen molar-refractivity contribution in [3.05, 3.63) is 59.2 Å². The van der Waals surface area contributed by atoms with Crippen LogP contribution in [0.2, 0.25) is 5.02 Å². The van der Waals surface area contributed by atoms with Crippen molar-refractivity contribution < 1.29 is 9.53 Å². The van der Waals surface area contributed by atoms with Crippen molar-refractivity contribution >= 4 is 28.4 Å². The molecule has 0 spiro atoms. The Morgan fingerprint density at radius 1 is 1.15 bits per heavy atom. The number of fused-ring (bicyclic) bond motifs is 1. The first-order valence-electron chi connectivity index (χ1n) is 9.38. The van der Waals surface area contributed by atoms with Gasteiger partial charge in [-0.25, -0.2) is 4.98 Å². The monoisotopic (exact) mass is 386 g/mol. The van der Waals surface area contributed by atoms with Crippen LogP contribution in [0.5, 0.6) is 5.88 Å². The minimum Gasteiger partial charge on any atom is -0.478 e. The molecule has 4 nitrogen and oxygen atoms in total. The molecule has 0 fully saturated rings. The summed E-state index contributed by atoms with van der Waals surface area (Å²) >= 11 is 5.98. The second-order valence-electron chi connectivity index (χ2n) is 6.53. The molecule has 2 rings (SSSR count). The summed E-state index contributed by atoms with van der Waals surface area (Å²) in [5.74, 6) is 0.291. The number of amides is 1. The lowest BCUT2D eigenvalue weighted by Gasteiger charge is -2.06. The van der Waals surface area contributed by atoms with E-state index < -0.39 is 0 Å². The highest BCUT2D eigenvalue weighted by atomic mass is 35.5. The van der Waals surface area contributed by atoms with Crippen LogP contribution in [0, 0.1) is 0 Å². The van der Waals surface area contributed by atoms with Crippen molar-refractivity contribution in [1.82, 2.24) is 4.98 Å². The number of rotatable bonds is 11. The number of ether oxygens (including phenoxy) is 1. The molecule has 0 aliphatic rings. The summed E-state index contributed by atoms with van der Waals surface area (Å²) in [5.41, 5.74) is 6.64. The van der Waals surface area contributed by atoms with E-state index in [9.17, 15) is 4.79 Å². The van der Waals surface area contributed by atoms with Crippen LogP contribution < -0.4 is 10.5 Å². The number of carbonyl (C=O) groups excluding carboxylic acids is 1. The van der Waals surface area contributed by atoms with Gasteiger partial charge < -0.3 is 10.5 Å². The van der Waals surface area contributed by atoms with E-state index in [2.05, 4.69) is 11.1 Å². The Bertz CT molecular complexity index is 815. The zero-order chi connectivity index (χ0) is 19.5. The minimum atomic E-state index is -0.370. The molecule has 0 radical (unpaired) electrons. The molecule has 0 unspecified atom stereocenters. The lowest BCUT2D eigenvalue weighted by atomic mass is 10.1. The fourth-order valence-corrected chi connectivity index (χ4v) is 2.80. The first kappa shape index (κ1) is 21.0. The smallest absolute Gasteiger partial charge is 0.244 e. The van der Waals surface area contributed by atoms with Crippen LogP contribution >= 0.6 is 11.6 Å². The van der Waals surface area contributed by atoms with Crippen LogP contribution in [-0.2, 0) is 4.79 Å². The van der Waals surface area contributed by atoms with Crippen LogP contribution in [-0.4, -0.2) is 17.5 Å². The maximum atomic E-state index is 10.9. The Hall–Kier alpha value is -2.33. The lowest BCUT2D eigenvalue weighted by Crippen LogP contribution is -2.11. The molecule has 2 N–H and O–H groups in total. The Balaban J connectivity index is 1.55. The van der Waals surface area contributed by atoms with Crippen LogP contribution in [0.15, 0.2) is 54.1 Å². The molecule has 144 valence electrons. The van der Waals surface area contributed by atoms with E-state index in [0.717, 1.165) is 36.6 Å². The number of hydrogen-bond donors (Lipinski definition) is 1. The number of unbranched alkanes of at least 4 members (excludes halogenated alkanes) is 5. The zero-order valence-corrected chi connectivity index (χ0v) is 16.5. The summed E-state index contributed by atoms with van der Waals surface area (Å²) in [6, 6.07) is 9.52. The van der Waals surface area contributed by atoms with Crippen LogP contribution in [0.1, 0.15) is 45.4 Å². The van der Waals surface area contributed by atoms with Crippen LogP contribution in [0.4, 0.5) is 0 Å². The number of pyridine rings is 1. The van der Waals surface area contributed by atoms with Gasteiger partial charge in [0.25, 0.3) is 0 Å². The molecule has 0 aliphatic carbocycles. The second kappa shape index (κ2) is 11.4. The number of allylic oxidation sites excluding steroid dienone is 3.